The number of nitrogens with zero attached hydrogens (tertiary/aromatic N) is 2. The number of imidazole rings is 1. The van der Waals surface area contributed by atoms with E-state index in [1.165, 1.54) is 11.3 Å². The van der Waals surface area contributed by atoms with Crippen molar-refractivity contribution in [2.75, 3.05) is 0 Å². The Balaban J connectivity index is 2.74. The van der Waals surface area contributed by atoms with Crippen LogP contribution in [0.5, 0.6) is 0 Å². The van der Waals surface area contributed by atoms with E-state index in [0.29, 0.717) is 6.04 Å². The number of aromatic nitrogens is 2. The lowest BCUT2D eigenvalue weighted by atomic mass is 9.95. The van der Waals surface area contributed by atoms with Crippen LogP contribution in [0.4, 0.5) is 0 Å². The van der Waals surface area contributed by atoms with Gasteiger partial charge in [-0.1, -0.05) is 39.8 Å². The molecule has 0 N–H and O–H groups in total. The molecule has 0 bridgehead atoms. The predicted octanol–water partition coefficient (Wildman–Crippen LogP) is 4.30. The van der Waals surface area contributed by atoms with Crippen molar-refractivity contribution in [2.45, 2.75) is 52.5 Å². The SMILES string of the molecule is CCC(C)n1c(C(C)(C)C)nc2ccccc21. The van der Waals surface area contributed by atoms with Gasteiger partial charge in [0, 0.05) is 11.5 Å². The van der Waals surface area contributed by atoms with E-state index in [-0.39, 0.29) is 5.41 Å². The highest BCUT2D eigenvalue weighted by Gasteiger charge is 2.24. The van der Waals surface area contributed by atoms with Gasteiger partial charge in [0.1, 0.15) is 5.82 Å². The van der Waals surface area contributed by atoms with Gasteiger partial charge in [-0.25, -0.2) is 4.98 Å². The van der Waals surface area contributed by atoms with Crippen molar-refractivity contribution in [3.8, 4) is 0 Å². The summed E-state index contributed by atoms with van der Waals surface area (Å²) in [5.41, 5.74) is 2.45. The molecule has 2 heteroatoms. The minimum atomic E-state index is 0.0858. The second-order valence-corrected chi connectivity index (χ2v) is 5.80. The molecule has 0 amide bonds. The lowest BCUT2D eigenvalue weighted by molar-refractivity contribution is 0.452. The minimum absolute atomic E-state index is 0.0858. The van der Waals surface area contributed by atoms with E-state index in [2.05, 4.69) is 63.5 Å². The second kappa shape index (κ2) is 4.17. The van der Waals surface area contributed by atoms with E-state index in [1.54, 1.807) is 0 Å². The topological polar surface area (TPSA) is 17.8 Å². The highest BCUT2D eigenvalue weighted by molar-refractivity contribution is 5.76. The lowest BCUT2D eigenvalue weighted by Gasteiger charge is -2.23. The average molecular weight is 230 g/mol. The molecule has 92 valence electrons. The second-order valence-electron chi connectivity index (χ2n) is 5.80. The smallest absolute Gasteiger partial charge is 0.115 e. The van der Waals surface area contributed by atoms with Crippen molar-refractivity contribution in [3.63, 3.8) is 0 Å². The Bertz CT molecular complexity index is 517. The molecular weight excluding hydrogens is 208 g/mol. The monoisotopic (exact) mass is 230 g/mol. The van der Waals surface area contributed by atoms with Crippen molar-refractivity contribution < 1.29 is 0 Å². The summed E-state index contributed by atoms with van der Waals surface area (Å²) in [5.74, 6) is 1.19. The quantitative estimate of drug-likeness (QED) is 0.752. The first kappa shape index (κ1) is 12.2. The third-order valence-corrected chi connectivity index (χ3v) is 3.30. The van der Waals surface area contributed by atoms with Gasteiger partial charge in [-0.05, 0) is 25.5 Å². The van der Waals surface area contributed by atoms with Crippen molar-refractivity contribution in [2.24, 2.45) is 0 Å². The van der Waals surface area contributed by atoms with Gasteiger partial charge >= 0.3 is 0 Å². The average Bonchev–Trinajstić information content (AvgIpc) is 2.67. The van der Waals surface area contributed by atoms with E-state index in [4.69, 9.17) is 4.98 Å². The largest absolute Gasteiger partial charge is 0.325 e. The van der Waals surface area contributed by atoms with Crippen LogP contribution in [0.2, 0.25) is 0 Å². The summed E-state index contributed by atoms with van der Waals surface area (Å²) in [5, 5.41) is 0. The number of hydrogen-bond donors (Lipinski definition) is 0. The van der Waals surface area contributed by atoms with Gasteiger partial charge in [-0.3, -0.25) is 0 Å². The van der Waals surface area contributed by atoms with Crippen LogP contribution < -0.4 is 0 Å². The fraction of sp³-hybridized carbons (Fsp3) is 0.533. The molecule has 2 aromatic rings. The van der Waals surface area contributed by atoms with Gasteiger partial charge in [0.25, 0.3) is 0 Å². The number of para-hydroxylation sites is 2. The van der Waals surface area contributed by atoms with E-state index in [1.807, 2.05) is 0 Å². The summed E-state index contributed by atoms with van der Waals surface area (Å²) in [4.78, 5) is 4.82. The van der Waals surface area contributed by atoms with Gasteiger partial charge in [0.2, 0.25) is 0 Å². The lowest BCUT2D eigenvalue weighted by Crippen LogP contribution is -2.20. The summed E-state index contributed by atoms with van der Waals surface area (Å²) in [6.07, 6.45) is 1.13. The van der Waals surface area contributed by atoms with Gasteiger partial charge in [0.05, 0.1) is 11.0 Å². The van der Waals surface area contributed by atoms with Crippen LogP contribution in [-0.2, 0) is 5.41 Å². The highest BCUT2D eigenvalue weighted by atomic mass is 15.1. The summed E-state index contributed by atoms with van der Waals surface area (Å²) in [7, 11) is 0. The van der Waals surface area contributed by atoms with Crippen LogP contribution in [0.3, 0.4) is 0 Å². The first-order valence-electron chi connectivity index (χ1n) is 6.42. The van der Waals surface area contributed by atoms with Crippen LogP contribution in [0.15, 0.2) is 24.3 Å². The molecule has 0 saturated carbocycles. The molecular formula is C15H22N2. The standard InChI is InChI=1S/C15H22N2/c1-6-11(2)17-13-10-8-7-9-12(13)16-14(17)15(3,4)5/h7-11H,6H2,1-5H3. The van der Waals surface area contributed by atoms with Gasteiger partial charge in [0.15, 0.2) is 0 Å². The molecule has 1 aromatic heterocycles. The normalized spacial score (nSPS) is 14.2. The Hall–Kier alpha value is -1.31. The molecule has 2 nitrogen and oxygen atoms in total. The zero-order chi connectivity index (χ0) is 12.6. The Morgan fingerprint density at radius 3 is 2.47 bits per heavy atom. The third-order valence-electron chi connectivity index (χ3n) is 3.30. The van der Waals surface area contributed by atoms with Crippen LogP contribution in [0.25, 0.3) is 11.0 Å². The molecule has 0 aliphatic carbocycles. The van der Waals surface area contributed by atoms with Crippen molar-refractivity contribution in [1.29, 1.82) is 0 Å². The third kappa shape index (κ3) is 2.08. The maximum Gasteiger partial charge on any atom is 0.115 e. The highest BCUT2D eigenvalue weighted by Crippen LogP contribution is 2.30. The molecule has 0 radical (unpaired) electrons. The molecule has 0 aliphatic heterocycles. The first-order valence-corrected chi connectivity index (χ1v) is 6.42. The van der Waals surface area contributed by atoms with Crippen molar-refractivity contribution in [1.82, 2.24) is 9.55 Å². The maximum absolute atomic E-state index is 4.82. The molecule has 1 aromatic carbocycles. The zero-order valence-electron chi connectivity index (χ0n) is 11.5. The molecule has 0 spiro atoms. The first-order chi connectivity index (χ1) is 7.95. The summed E-state index contributed by atoms with van der Waals surface area (Å²) >= 11 is 0. The molecule has 0 aliphatic rings. The molecule has 1 heterocycles. The molecule has 0 fully saturated rings. The van der Waals surface area contributed by atoms with Crippen LogP contribution in [-0.4, -0.2) is 9.55 Å². The Kier molecular flexibility index (Phi) is 2.98. The number of benzene rings is 1. The van der Waals surface area contributed by atoms with Crippen molar-refractivity contribution >= 4 is 11.0 Å². The number of rotatable bonds is 2. The summed E-state index contributed by atoms with van der Waals surface area (Å²) < 4.78 is 2.40. The molecule has 1 unspecified atom stereocenters. The summed E-state index contributed by atoms with van der Waals surface area (Å²) in [6, 6.07) is 8.92. The van der Waals surface area contributed by atoms with Crippen LogP contribution in [0, 0.1) is 0 Å². The predicted molar refractivity (Wildman–Crippen MR) is 73.4 cm³/mol. The number of fused-ring (bicyclic) bond motifs is 1. The van der Waals surface area contributed by atoms with Gasteiger partial charge < -0.3 is 4.57 Å². The van der Waals surface area contributed by atoms with Gasteiger partial charge in [-0.2, -0.15) is 0 Å². The molecule has 2 rings (SSSR count). The van der Waals surface area contributed by atoms with E-state index in [9.17, 15) is 0 Å². The molecule has 1 atom stereocenters. The fourth-order valence-electron chi connectivity index (χ4n) is 2.20. The summed E-state index contributed by atoms with van der Waals surface area (Å²) in [6.45, 7) is 11.2. The van der Waals surface area contributed by atoms with E-state index in [0.717, 1.165) is 11.9 Å². The van der Waals surface area contributed by atoms with Crippen LogP contribution in [0.1, 0.15) is 52.9 Å². The zero-order valence-corrected chi connectivity index (χ0v) is 11.5. The van der Waals surface area contributed by atoms with E-state index < -0.39 is 0 Å². The fourth-order valence-corrected chi connectivity index (χ4v) is 2.20. The molecule has 17 heavy (non-hydrogen) atoms. The minimum Gasteiger partial charge on any atom is -0.325 e. The Morgan fingerprint density at radius 2 is 1.88 bits per heavy atom. The molecule has 0 saturated heterocycles. The van der Waals surface area contributed by atoms with Crippen molar-refractivity contribution in [3.05, 3.63) is 30.1 Å². The maximum atomic E-state index is 4.82. The van der Waals surface area contributed by atoms with E-state index >= 15 is 0 Å². The Morgan fingerprint density at radius 1 is 1.24 bits per heavy atom. The number of hydrogen-bond acceptors (Lipinski definition) is 1. The Labute approximate surface area is 104 Å². The van der Waals surface area contributed by atoms with Crippen LogP contribution >= 0.6 is 0 Å². The van der Waals surface area contributed by atoms with Gasteiger partial charge in [-0.15, -0.1) is 0 Å².